The Labute approximate surface area is 127 Å². The second kappa shape index (κ2) is 6.40. The third kappa shape index (κ3) is 4.15. The van der Waals surface area contributed by atoms with Crippen LogP contribution in [0.1, 0.15) is 37.8 Å². The highest BCUT2D eigenvalue weighted by molar-refractivity contribution is 5.63. The van der Waals surface area contributed by atoms with Gasteiger partial charge in [-0.05, 0) is 47.9 Å². The van der Waals surface area contributed by atoms with Gasteiger partial charge in [0.15, 0.2) is 0 Å². The summed E-state index contributed by atoms with van der Waals surface area (Å²) in [5.74, 6) is 0.687. The molecule has 0 spiro atoms. The van der Waals surface area contributed by atoms with E-state index in [1.54, 1.807) is 0 Å². The predicted octanol–water partition coefficient (Wildman–Crippen LogP) is 4.20. The van der Waals surface area contributed by atoms with E-state index in [-0.39, 0.29) is 0 Å². The highest BCUT2D eigenvalue weighted by atomic mass is 14.9. The number of nitrogens with zero attached hydrogens (tertiary/aromatic N) is 1. The van der Waals surface area contributed by atoms with Crippen LogP contribution in [0.5, 0.6) is 0 Å². The minimum Gasteiger partial charge on any atom is -0.310 e. The first-order valence-electron chi connectivity index (χ1n) is 7.97. The molecule has 0 aliphatic heterocycles. The highest BCUT2D eigenvalue weighted by Crippen LogP contribution is 2.23. The zero-order chi connectivity index (χ0) is 14.7. The fraction of sp³-hybridized carbons (Fsp3) is 0.421. The maximum absolute atomic E-state index is 4.41. The molecule has 3 rings (SSSR count). The van der Waals surface area contributed by atoms with Crippen molar-refractivity contribution in [1.29, 1.82) is 0 Å². The van der Waals surface area contributed by atoms with Crippen molar-refractivity contribution in [2.24, 2.45) is 5.92 Å². The number of benzene rings is 1. The maximum atomic E-state index is 4.41. The van der Waals surface area contributed by atoms with E-state index in [0.717, 1.165) is 19.0 Å². The molecule has 0 atom stereocenters. The zero-order valence-electron chi connectivity index (χ0n) is 13.0. The second-order valence-electron chi connectivity index (χ2n) is 6.54. The number of hydrogen-bond donors (Lipinski definition) is 1. The van der Waals surface area contributed by atoms with E-state index >= 15 is 0 Å². The van der Waals surface area contributed by atoms with Gasteiger partial charge in [-0.3, -0.25) is 4.98 Å². The van der Waals surface area contributed by atoms with Gasteiger partial charge >= 0.3 is 0 Å². The molecule has 2 aromatic rings. The van der Waals surface area contributed by atoms with Gasteiger partial charge in [0.05, 0.1) is 0 Å². The molecule has 1 N–H and O–H groups in total. The highest BCUT2D eigenvalue weighted by Gasteiger charge is 2.19. The predicted molar refractivity (Wildman–Crippen MR) is 88.1 cm³/mol. The normalized spacial score (nSPS) is 14.6. The average Bonchev–Trinajstić information content (AvgIpc) is 3.29. The lowest BCUT2D eigenvalue weighted by atomic mass is 9.98. The first-order valence-corrected chi connectivity index (χ1v) is 7.97. The standard InChI is InChI=1S/C19H24N2/c1-14(2)8-15-4-3-5-17(9-15)18-10-16(11-20-13-18)12-21-19-6-7-19/h3-5,9-11,13-14,19,21H,6-8,12H2,1-2H3. The van der Waals surface area contributed by atoms with E-state index in [9.17, 15) is 0 Å². The number of nitrogens with one attached hydrogen (secondary N) is 1. The van der Waals surface area contributed by atoms with Gasteiger partial charge in [-0.1, -0.05) is 38.1 Å². The lowest BCUT2D eigenvalue weighted by Gasteiger charge is -2.09. The molecule has 1 saturated carbocycles. The Morgan fingerprint density at radius 2 is 1.90 bits per heavy atom. The molecule has 0 radical (unpaired) electrons. The summed E-state index contributed by atoms with van der Waals surface area (Å²) in [6, 6.07) is 11.9. The molecule has 21 heavy (non-hydrogen) atoms. The van der Waals surface area contributed by atoms with Gasteiger partial charge in [0.1, 0.15) is 0 Å². The smallest absolute Gasteiger partial charge is 0.0346 e. The lowest BCUT2D eigenvalue weighted by molar-refractivity contribution is 0.647. The Hall–Kier alpha value is -1.67. The monoisotopic (exact) mass is 280 g/mol. The fourth-order valence-electron chi connectivity index (χ4n) is 2.64. The summed E-state index contributed by atoms with van der Waals surface area (Å²) in [4.78, 5) is 4.41. The van der Waals surface area contributed by atoms with Crippen molar-refractivity contribution in [2.75, 3.05) is 0 Å². The van der Waals surface area contributed by atoms with Crippen LogP contribution in [0.2, 0.25) is 0 Å². The summed E-state index contributed by atoms with van der Waals surface area (Å²) in [6.07, 6.45) is 7.71. The van der Waals surface area contributed by atoms with Gasteiger partial charge in [-0.25, -0.2) is 0 Å². The maximum Gasteiger partial charge on any atom is 0.0346 e. The van der Waals surface area contributed by atoms with Gasteiger partial charge in [0, 0.05) is 30.5 Å². The van der Waals surface area contributed by atoms with Crippen LogP contribution in [0.25, 0.3) is 11.1 Å². The van der Waals surface area contributed by atoms with E-state index in [1.165, 1.54) is 35.1 Å². The molecular formula is C19H24N2. The minimum absolute atomic E-state index is 0.687. The molecule has 0 saturated heterocycles. The first-order chi connectivity index (χ1) is 10.2. The number of hydrogen-bond acceptors (Lipinski definition) is 2. The van der Waals surface area contributed by atoms with Crippen molar-refractivity contribution in [1.82, 2.24) is 10.3 Å². The van der Waals surface area contributed by atoms with Crippen LogP contribution in [0.4, 0.5) is 0 Å². The fourth-order valence-corrected chi connectivity index (χ4v) is 2.64. The second-order valence-corrected chi connectivity index (χ2v) is 6.54. The van der Waals surface area contributed by atoms with Crippen LogP contribution >= 0.6 is 0 Å². The van der Waals surface area contributed by atoms with Gasteiger partial charge in [0.2, 0.25) is 0 Å². The topological polar surface area (TPSA) is 24.9 Å². The summed E-state index contributed by atoms with van der Waals surface area (Å²) in [5, 5.41) is 3.55. The zero-order valence-corrected chi connectivity index (χ0v) is 13.0. The molecular weight excluding hydrogens is 256 g/mol. The molecule has 1 aromatic carbocycles. The summed E-state index contributed by atoms with van der Waals surface area (Å²) in [6.45, 7) is 5.45. The van der Waals surface area contributed by atoms with Crippen LogP contribution in [-0.4, -0.2) is 11.0 Å². The SMILES string of the molecule is CC(C)Cc1cccc(-c2cncc(CNC3CC3)c2)c1. The molecule has 0 unspecified atom stereocenters. The number of pyridine rings is 1. The van der Waals surface area contributed by atoms with E-state index in [2.05, 4.69) is 54.5 Å². The van der Waals surface area contributed by atoms with Gasteiger partial charge in [-0.2, -0.15) is 0 Å². The first kappa shape index (κ1) is 14.3. The summed E-state index contributed by atoms with van der Waals surface area (Å²) < 4.78 is 0. The largest absolute Gasteiger partial charge is 0.310 e. The van der Waals surface area contributed by atoms with Crippen LogP contribution in [0, 0.1) is 5.92 Å². The van der Waals surface area contributed by atoms with Gasteiger partial charge < -0.3 is 5.32 Å². The van der Waals surface area contributed by atoms with Gasteiger partial charge in [0.25, 0.3) is 0 Å². The molecule has 1 aliphatic rings. The third-order valence-electron chi connectivity index (χ3n) is 3.87. The van der Waals surface area contributed by atoms with E-state index in [0.29, 0.717) is 5.92 Å². The van der Waals surface area contributed by atoms with E-state index in [1.807, 2.05) is 12.4 Å². The minimum atomic E-state index is 0.687. The number of rotatable bonds is 6. The Morgan fingerprint density at radius 3 is 2.67 bits per heavy atom. The summed E-state index contributed by atoms with van der Waals surface area (Å²) in [7, 11) is 0. The van der Waals surface area contributed by atoms with Crippen molar-refractivity contribution in [3.63, 3.8) is 0 Å². The molecule has 2 heteroatoms. The van der Waals surface area contributed by atoms with Crippen molar-refractivity contribution in [3.8, 4) is 11.1 Å². The summed E-state index contributed by atoms with van der Waals surface area (Å²) >= 11 is 0. The Balaban J connectivity index is 1.77. The third-order valence-corrected chi connectivity index (χ3v) is 3.87. The lowest BCUT2D eigenvalue weighted by Crippen LogP contribution is -2.15. The molecule has 0 amide bonds. The molecule has 1 fully saturated rings. The molecule has 2 nitrogen and oxygen atoms in total. The van der Waals surface area contributed by atoms with Crippen molar-refractivity contribution < 1.29 is 0 Å². The van der Waals surface area contributed by atoms with Crippen molar-refractivity contribution >= 4 is 0 Å². The van der Waals surface area contributed by atoms with Crippen molar-refractivity contribution in [3.05, 3.63) is 53.9 Å². The van der Waals surface area contributed by atoms with Crippen LogP contribution in [-0.2, 0) is 13.0 Å². The quantitative estimate of drug-likeness (QED) is 0.858. The molecule has 1 aromatic heterocycles. The van der Waals surface area contributed by atoms with E-state index < -0.39 is 0 Å². The van der Waals surface area contributed by atoms with Gasteiger partial charge in [-0.15, -0.1) is 0 Å². The molecule has 110 valence electrons. The Morgan fingerprint density at radius 1 is 1.10 bits per heavy atom. The number of aromatic nitrogens is 1. The Bertz CT molecular complexity index is 600. The van der Waals surface area contributed by atoms with Crippen LogP contribution in [0.15, 0.2) is 42.7 Å². The molecule has 1 heterocycles. The van der Waals surface area contributed by atoms with Crippen molar-refractivity contribution in [2.45, 2.75) is 45.7 Å². The Kier molecular flexibility index (Phi) is 4.35. The van der Waals surface area contributed by atoms with E-state index in [4.69, 9.17) is 0 Å². The van der Waals surface area contributed by atoms with Crippen LogP contribution in [0.3, 0.4) is 0 Å². The van der Waals surface area contributed by atoms with Crippen LogP contribution < -0.4 is 5.32 Å². The summed E-state index contributed by atoms with van der Waals surface area (Å²) in [5.41, 5.74) is 5.17. The molecule has 0 bridgehead atoms. The molecule has 1 aliphatic carbocycles. The average molecular weight is 280 g/mol.